The molecule has 0 aliphatic carbocycles. The minimum Gasteiger partial charge on any atom is -0.360 e. The van der Waals surface area contributed by atoms with Gasteiger partial charge in [0.2, 0.25) is 5.82 Å². The molecule has 1 unspecified atom stereocenters. The maximum atomic E-state index is 10.9. The van der Waals surface area contributed by atoms with E-state index >= 15 is 0 Å². The van der Waals surface area contributed by atoms with E-state index in [4.69, 9.17) is 0 Å². The molecule has 2 aromatic rings. The molecule has 0 radical (unpaired) electrons. The summed E-state index contributed by atoms with van der Waals surface area (Å²) in [5.41, 5.74) is 0.0108. The van der Waals surface area contributed by atoms with Crippen molar-refractivity contribution >= 4 is 22.8 Å². The molecule has 0 spiro atoms. The second kappa shape index (κ2) is 5.40. The van der Waals surface area contributed by atoms with Gasteiger partial charge in [-0.25, -0.2) is 0 Å². The first-order valence-corrected chi connectivity index (χ1v) is 6.77. The third kappa shape index (κ3) is 3.31. The highest BCUT2D eigenvalue weighted by Gasteiger charge is 2.20. The summed E-state index contributed by atoms with van der Waals surface area (Å²) >= 11 is 1.74. The molecule has 1 N–H and O–H groups in total. The van der Waals surface area contributed by atoms with E-state index in [9.17, 15) is 10.1 Å². The standard InChI is InChI=1S/C12H16N4O2S/c1-8(6-10-5-4-9(2)19-10)13-12-11(16(17)18)7-15(3)14-12/h4-5,7-8H,6H2,1-3H3,(H,13,14). The quantitative estimate of drug-likeness (QED) is 0.675. The van der Waals surface area contributed by atoms with E-state index in [-0.39, 0.29) is 11.7 Å². The van der Waals surface area contributed by atoms with Crippen LogP contribution in [-0.2, 0) is 13.5 Å². The number of hydrogen-bond acceptors (Lipinski definition) is 5. The molecule has 0 aliphatic rings. The lowest BCUT2D eigenvalue weighted by molar-refractivity contribution is -0.384. The van der Waals surface area contributed by atoms with Crippen molar-refractivity contribution in [2.24, 2.45) is 7.05 Å². The zero-order valence-corrected chi connectivity index (χ0v) is 11.9. The third-order valence-electron chi connectivity index (χ3n) is 2.69. The highest BCUT2D eigenvalue weighted by molar-refractivity contribution is 7.11. The fraction of sp³-hybridized carbons (Fsp3) is 0.417. The Bertz CT molecular complexity index is 590. The van der Waals surface area contributed by atoms with Crippen LogP contribution in [0.1, 0.15) is 16.7 Å². The Kier molecular flexibility index (Phi) is 3.84. The first-order chi connectivity index (χ1) is 8.95. The maximum Gasteiger partial charge on any atom is 0.330 e. The van der Waals surface area contributed by atoms with Gasteiger partial charge in [0.05, 0.1) is 4.92 Å². The minimum atomic E-state index is -0.419. The molecule has 2 aromatic heterocycles. The number of rotatable bonds is 5. The van der Waals surface area contributed by atoms with Crippen molar-refractivity contribution in [3.8, 4) is 0 Å². The molecule has 0 amide bonds. The fourth-order valence-electron chi connectivity index (χ4n) is 1.89. The van der Waals surface area contributed by atoms with Crippen LogP contribution in [0.25, 0.3) is 0 Å². The summed E-state index contributed by atoms with van der Waals surface area (Å²) in [6.07, 6.45) is 2.23. The normalized spacial score (nSPS) is 12.4. The zero-order chi connectivity index (χ0) is 14.0. The summed E-state index contributed by atoms with van der Waals surface area (Å²) in [6, 6.07) is 4.26. The van der Waals surface area contributed by atoms with Gasteiger partial charge >= 0.3 is 5.69 Å². The molecule has 0 saturated heterocycles. The average molecular weight is 280 g/mol. The molecule has 102 valence electrons. The average Bonchev–Trinajstić information content (AvgIpc) is 2.85. The summed E-state index contributed by atoms with van der Waals surface area (Å²) < 4.78 is 1.45. The van der Waals surface area contributed by atoms with E-state index in [0.29, 0.717) is 5.82 Å². The van der Waals surface area contributed by atoms with Crippen LogP contribution >= 0.6 is 11.3 Å². The van der Waals surface area contributed by atoms with E-state index < -0.39 is 4.92 Å². The van der Waals surface area contributed by atoms with Gasteiger partial charge < -0.3 is 5.32 Å². The molecule has 0 aliphatic heterocycles. The number of aromatic nitrogens is 2. The number of nitro groups is 1. The molecular weight excluding hydrogens is 264 g/mol. The highest BCUT2D eigenvalue weighted by Crippen LogP contribution is 2.23. The largest absolute Gasteiger partial charge is 0.360 e. The predicted molar refractivity (Wildman–Crippen MR) is 75.7 cm³/mol. The Hall–Kier alpha value is -1.89. The summed E-state index contributed by atoms with van der Waals surface area (Å²) in [4.78, 5) is 13.0. The monoisotopic (exact) mass is 280 g/mol. The Morgan fingerprint density at radius 3 is 2.89 bits per heavy atom. The number of aryl methyl sites for hydroxylation is 2. The van der Waals surface area contributed by atoms with Gasteiger partial charge in [-0.15, -0.1) is 16.4 Å². The van der Waals surface area contributed by atoms with Crippen molar-refractivity contribution in [2.45, 2.75) is 26.3 Å². The minimum absolute atomic E-state index is 0.0108. The molecule has 2 heterocycles. The van der Waals surface area contributed by atoms with Gasteiger partial charge in [0.1, 0.15) is 6.20 Å². The highest BCUT2D eigenvalue weighted by atomic mass is 32.1. The van der Waals surface area contributed by atoms with Crippen LogP contribution in [0.5, 0.6) is 0 Å². The topological polar surface area (TPSA) is 73.0 Å². The smallest absolute Gasteiger partial charge is 0.330 e. The van der Waals surface area contributed by atoms with Crippen LogP contribution in [0.15, 0.2) is 18.3 Å². The maximum absolute atomic E-state index is 10.9. The second-order valence-corrected chi connectivity index (χ2v) is 5.93. The van der Waals surface area contributed by atoms with Crippen molar-refractivity contribution in [1.29, 1.82) is 0 Å². The van der Waals surface area contributed by atoms with Crippen molar-refractivity contribution in [1.82, 2.24) is 9.78 Å². The fourth-order valence-corrected chi connectivity index (χ4v) is 2.91. The molecule has 19 heavy (non-hydrogen) atoms. The van der Waals surface area contributed by atoms with Crippen molar-refractivity contribution in [2.75, 3.05) is 5.32 Å². The van der Waals surface area contributed by atoms with E-state index in [0.717, 1.165) is 6.42 Å². The van der Waals surface area contributed by atoms with Crippen LogP contribution < -0.4 is 5.32 Å². The van der Waals surface area contributed by atoms with Crippen molar-refractivity contribution in [3.63, 3.8) is 0 Å². The van der Waals surface area contributed by atoms with Crippen LogP contribution in [0.4, 0.5) is 11.5 Å². The summed E-state index contributed by atoms with van der Waals surface area (Å²) in [7, 11) is 1.67. The number of nitrogens with one attached hydrogen (secondary N) is 1. The molecule has 0 fully saturated rings. The molecule has 6 nitrogen and oxygen atoms in total. The van der Waals surface area contributed by atoms with E-state index in [2.05, 4.69) is 29.5 Å². The van der Waals surface area contributed by atoms with Crippen molar-refractivity contribution in [3.05, 3.63) is 38.2 Å². The Labute approximate surface area is 115 Å². The third-order valence-corrected chi connectivity index (χ3v) is 3.72. The van der Waals surface area contributed by atoms with Gasteiger partial charge in [0.25, 0.3) is 0 Å². The van der Waals surface area contributed by atoms with Crippen LogP contribution in [-0.4, -0.2) is 20.7 Å². The van der Waals surface area contributed by atoms with Crippen LogP contribution in [0.3, 0.4) is 0 Å². The summed E-state index contributed by atoms with van der Waals surface area (Å²) in [6.45, 7) is 4.06. The zero-order valence-electron chi connectivity index (χ0n) is 11.1. The Balaban J connectivity index is 2.06. The molecule has 0 bridgehead atoms. The van der Waals surface area contributed by atoms with Gasteiger partial charge in [-0.3, -0.25) is 14.8 Å². The lowest BCUT2D eigenvalue weighted by Gasteiger charge is -2.11. The Morgan fingerprint density at radius 1 is 1.58 bits per heavy atom. The first-order valence-electron chi connectivity index (χ1n) is 5.95. The van der Waals surface area contributed by atoms with Crippen molar-refractivity contribution < 1.29 is 4.92 Å². The first kappa shape index (κ1) is 13.5. The summed E-state index contributed by atoms with van der Waals surface area (Å²) in [5.74, 6) is 0.327. The van der Waals surface area contributed by atoms with Gasteiger partial charge in [-0.1, -0.05) is 0 Å². The molecule has 1 atom stereocenters. The molecule has 0 saturated carbocycles. The van der Waals surface area contributed by atoms with Gasteiger partial charge in [-0.2, -0.15) is 0 Å². The summed E-state index contributed by atoms with van der Waals surface area (Å²) in [5, 5.41) is 18.1. The number of nitrogens with zero attached hydrogens (tertiary/aromatic N) is 3. The lowest BCUT2D eigenvalue weighted by Crippen LogP contribution is -2.18. The molecular formula is C12H16N4O2S. The van der Waals surface area contributed by atoms with Crippen LogP contribution in [0.2, 0.25) is 0 Å². The van der Waals surface area contributed by atoms with E-state index in [1.807, 2.05) is 6.92 Å². The molecule has 7 heteroatoms. The molecule has 2 rings (SSSR count). The SMILES string of the molecule is Cc1ccc(CC(C)Nc2nn(C)cc2[N+](=O)[O-])s1. The van der Waals surface area contributed by atoms with E-state index in [1.165, 1.54) is 20.6 Å². The van der Waals surface area contributed by atoms with Gasteiger partial charge in [-0.05, 0) is 26.0 Å². The van der Waals surface area contributed by atoms with Crippen LogP contribution in [0, 0.1) is 17.0 Å². The van der Waals surface area contributed by atoms with E-state index in [1.54, 1.807) is 18.4 Å². The van der Waals surface area contributed by atoms with Gasteiger partial charge in [0.15, 0.2) is 0 Å². The number of anilines is 1. The Morgan fingerprint density at radius 2 is 2.32 bits per heavy atom. The second-order valence-electron chi connectivity index (χ2n) is 4.56. The molecule has 0 aromatic carbocycles. The lowest BCUT2D eigenvalue weighted by atomic mass is 10.2. The number of hydrogen-bond donors (Lipinski definition) is 1. The number of thiophene rings is 1. The predicted octanol–water partition coefficient (Wildman–Crippen LogP) is 2.74. The van der Waals surface area contributed by atoms with Gasteiger partial charge in [0, 0.05) is 29.3 Å².